The normalized spacial score (nSPS) is 10.7. The lowest BCUT2D eigenvalue weighted by Crippen LogP contribution is -2.00. The van der Waals surface area contributed by atoms with E-state index in [9.17, 15) is 4.39 Å². The summed E-state index contributed by atoms with van der Waals surface area (Å²) in [6, 6.07) is 26.7. The Morgan fingerprint density at radius 2 is 1.30 bits per heavy atom. The minimum absolute atomic E-state index is 0.277. The second-order valence-electron chi connectivity index (χ2n) is 7.63. The standard InChI is InChI=1S/C27H22FN5/c28-20-3-10-26-25(17-20)27(13-16-30-26)33-23-4-1-19(2-5-23)18-31-21-6-8-22(9-7-21)32-24-11-14-29-15-12-24/h1-17,31H,18H2,(H,29,32)(H,30,33). The predicted octanol–water partition coefficient (Wildman–Crippen LogP) is 6.87. The first kappa shape index (κ1) is 20.5. The zero-order valence-electron chi connectivity index (χ0n) is 17.8. The Labute approximate surface area is 191 Å². The van der Waals surface area contributed by atoms with Gasteiger partial charge in [0.15, 0.2) is 0 Å². The number of aromatic nitrogens is 2. The van der Waals surface area contributed by atoms with Crippen LogP contribution >= 0.6 is 0 Å². The van der Waals surface area contributed by atoms with Gasteiger partial charge < -0.3 is 16.0 Å². The number of nitrogens with zero attached hydrogens (tertiary/aromatic N) is 2. The molecule has 5 aromatic rings. The average molecular weight is 436 g/mol. The van der Waals surface area contributed by atoms with Crippen molar-refractivity contribution < 1.29 is 4.39 Å². The fourth-order valence-electron chi connectivity index (χ4n) is 3.57. The molecule has 3 N–H and O–H groups in total. The zero-order chi connectivity index (χ0) is 22.5. The van der Waals surface area contributed by atoms with E-state index >= 15 is 0 Å². The second-order valence-corrected chi connectivity index (χ2v) is 7.63. The van der Waals surface area contributed by atoms with Crippen molar-refractivity contribution in [3.8, 4) is 0 Å². The van der Waals surface area contributed by atoms with Crippen LogP contribution in [0, 0.1) is 5.82 Å². The number of hydrogen-bond donors (Lipinski definition) is 3. The summed E-state index contributed by atoms with van der Waals surface area (Å²) in [6.07, 6.45) is 5.25. The van der Waals surface area contributed by atoms with Gasteiger partial charge in [0.25, 0.3) is 0 Å². The van der Waals surface area contributed by atoms with Gasteiger partial charge in [-0.05, 0) is 78.4 Å². The molecule has 162 valence electrons. The molecule has 0 radical (unpaired) electrons. The van der Waals surface area contributed by atoms with Crippen LogP contribution in [0.15, 0.2) is 104 Å². The summed E-state index contributed by atoms with van der Waals surface area (Å²) in [7, 11) is 0. The van der Waals surface area contributed by atoms with Crippen molar-refractivity contribution in [3.05, 3.63) is 115 Å². The molecule has 2 aromatic heterocycles. The highest BCUT2D eigenvalue weighted by molar-refractivity contribution is 5.92. The molecule has 0 saturated carbocycles. The molecule has 5 rings (SSSR count). The maximum atomic E-state index is 13.7. The van der Waals surface area contributed by atoms with Crippen LogP contribution in [0.1, 0.15) is 5.56 Å². The fourth-order valence-corrected chi connectivity index (χ4v) is 3.57. The maximum Gasteiger partial charge on any atom is 0.124 e. The highest BCUT2D eigenvalue weighted by Crippen LogP contribution is 2.26. The van der Waals surface area contributed by atoms with Crippen molar-refractivity contribution in [2.75, 3.05) is 16.0 Å². The van der Waals surface area contributed by atoms with Crippen molar-refractivity contribution in [1.29, 1.82) is 0 Å². The highest BCUT2D eigenvalue weighted by Gasteiger charge is 2.04. The fraction of sp³-hybridized carbons (Fsp3) is 0.0370. The molecule has 0 unspecified atom stereocenters. The van der Waals surface area contributed by atoms with E-state index in [2.05, 4.69) is 38.1 Å². The van der Waals surface area contributed by atoms with Gasteiger partial charge >= 0.3 is 0 Å². The Hall–Kier alpha value is -4.45. The molecule has 5 nitrogen and oxygen atoms in total. The monoisotopic (exact) mass is 435 g/mol. The Balaban J connectivity index is 1.20. The third-order valence-corrected chi connectivity index (χ3v) is 5.29. The van der Waals surface area contributed by atoms with Gasteiger partial charge in [-0.25, -0.2) is 4.39 Å². The molecule has 0 aliphatic carbocycles. The molecule has 0 saturated heterocycles. The summed E-state index contributed by atoms with van der Waals surface area (Å²) in [6.45, 7) is 0.709. The molecular weight excluding hydrogens is 413 g/mol. The number of nitrogens with one attached hydrogen (secondary N) is 3. The van der Waals surface area contributed by atoms with Crippen LogP contribution in [0.2, 0.25) is 0 Å². The number of anilines is 5. The van der Waals surface area contributed by atoms with Gasteiger partial charge in [-0.2, -0.15) is 0 Å². The number of hydrogen-bond acceptors (Lipinski definition) is 5. The van der Waals surface area contributed by atoms with E-state index < -0.39 is 0 Å². The van der Waals surface area contributed by atoms with Crippen LogP contribution in [0.3, 0.4) is 0 Å². The molecule has 0 aliphatic heterocycles. The van der Waals surface area contributed by atoms with E-state index in [1.165, 1.54) is 12.1 Å². The van der Waals surface area contributed by atoms with E-state index in [4.69, 9.17) is 0 Å². The smallest absolute Gasteiger partial charge is 0.124 e. The third kappa shape index (κ3) is 5.07. The minimum atomic E-state index is -0.277. The number of benzene rings is 3. The number of halogens is 1. The van der Waals surface area contributed by atoms with Gasteiger partial charge in [0.05, 0.1) is 5.52 Å². The van der Waals surface area contributed by atoms with Crippen LogP contribution < -0.4 is 16.0 Å². The predicted molar refractivity (Wildman–Crippen MR) is 133 cm³/mol. The summed E-state index contributed by atoms with van der Waals surface area (Å²) in [5, 5.41) is 10.9. The Morgan fingerprint density at radius 3 is 2.09 bits per heavy atom. The molecule has 0 aliphatic rings. The second kappa shape index (κ2) is 9.36. The van der Waals surface area contributed by atoms with E-state index in [-0.39, 0.29) is 5.82 Å². The van der Waals surface area contributed by atoms with Crippen molar-refractivity contribution in [2.45, 2.75) is 6.54 Å². The van der Waals surface area contributed by atoms with Crippen LogP contribution in [0.25, 0.3) is 10.9 Å². The van der Waals surface area contributed by atoms with Crippen molar-refractivity contribution >= 4 is 39.3 Å². The van der Waals surface area contributed by atoms with E-state index in [0.29, 0.717) is 6.54 Å². The minimum Gasteiger partial charge on any atom is -0.381 e. The van der Waals surface area contributed by atoms with Crippen molar-refractivity contribution in [1.82, 2.24) is 9.97 Å². The Bertz CT molecular complexity index is 1350. The number of fused-ring (bicyclic) bond motifs is 1. The van der Waals surface area contributed by atoms with E-state index in [0.717, 1.165) is 44.9 Å². The molecule has 0 atom stereocenters. The first-order valence-corrected chi connectivity index (χ1v) is 10.6. The topological polar surface area (TPSA) is 61.9 Å². The number of pyridine rings is 2. The number of rotatable bonds is 7. The summed E-state index contributed by atoms with van der Waals surface area (Å²) < 4.78 is 13.7. The SMILES string of the molecule is Fc1ccc2nccc(Nc3ccc(CNc4ccc(Nc5ccncc5)cc4)cc3)c2c1. The van der Waals surface area contributed by atoms with Gasteiger partial charge in [0.2, 0.25) is 0 Å². The van der Waals surface area contributed by atoms with E-state index in [1.807, 2.05) is 54.6 Å². The molecular formula is C27H22FN5. The van der Waals surface area contributed by atoms with Crippen LogP contribution in [-0.2, 0) is 6.54 Å². The lowest BCUT2D eigenvalue weighted by atomic mass is 10.1. The molecule has 0 fully saturated rings. The lowest BCUT2D eigenvalue weighted by Gasteiger charge is -2.12. The summed E-state index contributed by atoms with van der Waals surface area (Å²) in [5.41, 5.74) is 6.74. The molecule has 0 spiro atoms. The van der Waals surface area contributed by atoms with Gasteiger partial charge in [-0.1, -0.05) is 12.1 Å². The van der Waals surface area contributed by atoms with Gasteiger partial charge in [-0.3, -0.25) is 9.97 Å². The summed E-state index contributed by atoms with van der Waals surface area (Å²) in [4.78, 5) is 8.32. The molecule has 0 amide bonds. The molecule has 33 heavy (non-hydrogen) atoms. The average Bonchev–Trinajstić information content (AvgIpc) is 2.85. The largest absolute Gasteiger partial charge is 0.381 e. The van der Waals surface area contributed by atoms with Crippen LogP contribution in [0.4, 0.5) is 32.8 Å². The van der Waals surface area contributed by atoms with Gasteiger partial charge in [0.1, 0.15) is 5.82 Å². The third-order valence-electron chi connectivity index (χ3n) is 5.29. The van der Waals surface area contributed by atoms with Gasteiger partial charge in [-0.15, -0.1) is 0 Å². The quantitative estimate of drug-likeness (QED) is 0.260. The first-order chi connectivity index (χ1) is 16.2. The summed E-state index contributed by atoms with van der Waals surface area (Å²) >= 11 is 0. The summed E-state index contributed by atoms with van der Waals surface area (Å²) in [5.74, 6) is -0.277. The van der Waals surface area contributed by atoms with Crippen molar-refractivity contribution in [3.63, 3.8) is 0 Å². The molecule has 6 heteroatoms. The highest BCUT2D eigenvalue weighted by atomic mass is 19.1. The molecule has 0 bridgehead atoms. The molecule has 2 heterocycles. The van der Waals surface area contributed by atoms with Gasteiger partial charge in [0, 0.05) is 59.0 Å². The lowest BCUT2D eigenvalue weighted by molar-refractivity contribution is 0.629. The maximum absolute atomic E-state index is 13.7. The zero-order valence-corrected chi connectivity index (χ0v) is 17.8. The van der Waals surface area contributed by atoms with E-state index in [1.54, 1.807) is 24.7 Å². The Kier molecular flexibility index (Phi) is 5.80. The Morgan fingerprint density at radius 1 is 0.636 bits per heavy atom. The van der Waals surface area contributed by atoms with Crippen LogP contribution in [-0.4, -0.2) is 9.97 Å². The van der Waals surface area contributed by atoms with Crippen molar-refractivity contribution in [2.24, 2.45) is 0 Å². The first-order valence-electron chi connectivity index (χ1n) is 10.6. The molecule has 3 aromatic carbocycles. The van der Waals surface area contributed by atoms with Crippen LogP contribution in [0.5, 0.6) is 0 Å².